The molecule has 182 valence electrons. The van der Waals surface area contributed by atoms with Crippen LogP contribution in [0.1, 0.15) is 16.7 Å². The van der Waals surface area contributed by atoms with Gasteiger partial charge in [0.25, 0.3) is 0 Å². The number of hydrogen-bond donors (Lipinski definition) is 0. The standard InChI is InChI=1S/C26H20F5NO3/c27-22-19(23(28)25(30)26(31)24(22)29)16-35-21(34)12-11-20(33)32(15-18-9-5-2-6-10-18)14-13-17-7-3-1-4-8-17/h1-12H,13-16H2/b12-11+. The van der Waals surface area contributed by atoms with Crippen LogP contribution in [-0.4, -0.2) is 23.3 Å². The van der Waals surface area contributed by atoms with Crippen LogP contribution >= 0.6 is 0 Å². The van der Waals surface area contributed by atoms with Crippen LogP contribution < -0.4 is 0 Å². The Morgan fingerprint density at radius 2 is 1.23 bits per heavy atom. The molecule has 0 N–H and O–H groups in total. The van der Waals surface area contributed by atoms with Crippen molar-refractivity contribution in [2.75, 3.05) is 6.54 Å². The Morgan fingerprint density at radius 1 is 0.714 bits per heavy atom. The molecule has 0 radical (unpaired) electrons. The normalized spacial score (nSPS) is 11.0. The Hall–Kier alpha value is -4.01. The molecule has 4 nitrogen and oxygen atoms in total. The average molecular weight is 489 g/mol. The van der Waals surface area contributed by atoms with Gasteiger partial charge in [0, 0.05) is 25.2 Å². The van der Waals surface area contributed by atoms with E-state index in [1.54, 1.807) is 0 Å². The van der Waals surface area contributed by atoms with E-state index in [0.717, 1.165) is 23.3 Å². The summed E-state index contributed by atoms with van der Waals surface area (Å²) in [5.41, 5.74) is 0.573. The lowest BCUT2D eigenvalue weighted by Crippen LogP contribution is -2.31. The number of halogens is 5. The summed E-state index contributed by atoms with van der Waals surface area (Å²) in [5.74, 6) is -12.5. The largest absolute Gasteiger partial charge is 0.457 e. The number of esters is 1. The van der Waals surface area contributed by atoms with Gasteiger partial charge in [-0.1, -0.05) is 60.7 Å². The van der Waals surface area contributed by atoms with Gasteiger partial charge in [-0.25, -0.2) is 26.7 Å². The summed E-state index contributed by atoms with van der Waals surface area (Å²) < 4.78 is 71.7. The van der Waals surface area contributed by atoms with Crippen molar-refractivity contribution in [3.8, 4) is 0 Å². The molecule has 0 aromatic heterocycles. The molecule has 0 atom stereocenters. The molecule has 1 amide bonds. The first-order chi connectivity index (χ1) is 16.8. The zero-order valence-electron chi connectivity index (χ0n) is 18.3. The van der Waals surface area contributed by atoms with Gasteiger partial charge >= 0.3 is 5.97 Å². The molecule has 0 aliphatic rings. The SMILES string of the molecule is O=C(/C=C/C(=O)N(CCc1ccccc1)Cc1ccccc1)OCc1c(F)c(F)c(F)c(F)c1F. The summed E-state index contributed by atoms with van der Waals surface area (Å²) >= 11 is 0. The Labute approximate surface area is 198 Å². The monoisotopic (exact) mass is 489 g/mol. The first-order valence-electron chi connectivity index (χ1n) is 10.5. The third-order valence-electron chi connectivity index (χ3n) is 5.06. The third-order valence-corrected chi connectivity index (χ3v) is 5.06. The van der Waals surface area contributed by atoms with E-state index in [9.17, 15) is 31.5 Å². The van der Waals surface area contributed by atoms with Crippen molar-refractivity contribution in [2.24, 2.45) is 0 Å². The summed E-state index contributed by atoms with van der Waals surface area (Å²) in [6.45, 7) is -0.608. The minimum absolute atomic E-state index is 0.260. The molecule has 9 heteroatoms. The molecule has 0 unspecified atom stereocenters. The van der Waals surface area contributed by atoms with E-state index in [0.29, 0.717) is 13.0 Å². The fourth-order valence-corrected chi connectivity index (χ4v) is 3.19. The highest BCUT2D eigenvalue weighted by molar-refractivity contribution is 5.94. The predicted molar refractivity (Wildman–Crippen MR) is 117 cm³/mol. The van der Waals surface area contributed by atoms with Crippen LogP contribution in [0, 0.1) is 29.1 Å². The third kappa shape index (κ3) is 6.75. The fraction of sp³-hybridized carbons (Fsp3) is 0.154. The minimum Gasteiger partial charge on any atom is -0.457 e. The Bertz CT molecular complexity index is 1190. The molecular formula is C26H20F5NO3. The highest BCUT2D eigenvalue weighted by Crippen LogP contribution is 2.23. The number of hydrogen-bond acceptors (Lipinski definition) is 3. The molecule has 0 aliphatic carbocycles. The second-order valence-corrected chi connectivity index (χ2v) is 7.47. The van der Waals surface area contributed by atoms with Crippen molar-refractivity contribution in [3.05, 3.63) is 119 Å². The summed E-state index contributed by atoms with van der Waals surface area (Å²) in [6.07, 6.45) is 2.21. The van der Waals surface area contributed by atoms with Crippen LogP contribution in [0.3, 0.4) is 0 Å². The van der Waals surface area contributed by atoms with E-state index in [2.05, 4.69) is 4.74 Å². The van der Waals surface area contributed by atoms with E-state index in [1.165, 1.54) is 4.90 Å². The zero-order valence-corrected chi connectivity index (χ0v) is 18.3. The molecule has 35 heavy (non-hydrogen) atoms. The Balaban J connectivity index is 1.66. The lowest BCUT2D eigenvalue weighted by molar-refractivity contribution is -0.139. The summed E-state index contributed by atoms with van der Waals surface area (Å²) in [4.78, 5) is 26.2. The van der Waals surface area contributed by atoms with Crippen molar-refractivity contribution in [1.82, 2.24) is 4.90 Å². The van der Waals surface area contributed by atoms with Crippen LogP contribution in [0.2, 0.25) is 0 Å². The average Bonchev–Trinajstić information content (AvgIpc) is 2.88. The molecule has 0 aliphatic heterocycles. The van der Waals surface area contributed by atoms with Crippen molar-refractivity contribution in [3.63, 3.8) is 0 Å². The number of benzene rings is 3. The predicted octanol–water partition coefficient (Wildman–Crippen LogP) is 5.25. The zero-order chi connectivity index (χ0) is 25.4. The quantitative estimate of drug-likeness (QED) is 0.136. The van der Waals surface area contributed by atoms with Gasteiger partial charge in [0.1, 0.15) is 6.61 Å². The van der Waals surface area contributed by atoms with Crippen LogP contribution in [0.5, 0.6) is 0 Å². The molecule has 0 fully saturated rings. The van der Waals surface area contributed by atoms with Crippen molar-refractivity contribution < 1.29 is 36.3 Å². The summed E-state index contributed by atoms with van der Waals surface area (Å²) in [7, 11) is 0. The van der Waals surface area contributed by atoms with Gasteiger partial charge in [0.2, 0.25) is 11.7 Å². The van der Waals surface area contributed by atoms with Gasteiger partial charge in [-0.2, -0.15) is 0 Å². The maximum Gasteiger partial charge on any atom is 0.331 e. The highest BCUT2D eigenvalue weighted by atomic mass is 19.2. The molecular weight excluding hydrogens is 469 g/mol. The Kier molecular flexibility index (Phi) is 8.72. The Morgan fingerprint density at radius 3 is 1.80 bits per heavy atom. The lowest BCUT2D eigenvalue weighted by atomic mass is 10.1. The van der Waals surface area contributed by atoms with Crippen molar-refractivity contribution >= 4 is 11.9 Å². The second-order valence-electron chi connectivity index (χ2n) is 7.47. The van der Waals surface area contributed by atoms with Crippen LogP contribution in [-0.2, 0) is 33.9 Å². The first-order valence-corrected chi connectivity index (χ1v) is 10.5. The maximum atomic E-state index is 13.7. The van der Waals surface area contributed by atoms with Crippen molar-refractivity contribution in [1.29, 1.82) is 0 Å². The van der Waals surface area contributed by atoms with Crippen LogP contribution in [0.25, 0.3) is 0 Å². The number of carbonyl (C=O) groups is 2. The van der Waals surface area contributed by atoms with E-state index in [4.69, 9.17) is 0 Å². The molecule has 0 saturated heterocycles. The van der Waals surface area contributed by atoms with Gasteiger partial charge in [-0.15, -0.1) is 0 Å². The number of carbonyl (C=O) groups excluding carboxylic acids is 2. The summed E-state index contributed by atoms with van der Waals surface area (Å²) in [6, 6.07) is 18.6. The molecule has 3 aromatic rings. The van der Waals surface area contributed by atoms with Gasteiger partial charge in [0.05, 0.1) is 5.56 Å². The van der Waals surface area contributed by atoms with Gasteiger partial charge in [0.15, 0.2) is 23.3 Å². The van der Waals surface area contributed by atoms with Gasteiger partial charge < -0.3 is 9.64 Å². The van der Waals surface area contributed by atoms with Crippen LogP contribution in [0.15, 0.2) is 72.8 Å². The van der Waals surface area contributed by atoms with Crippen LogP contribution in [0.4, 0.5) is 22.0 Å². The van der Waals surface area contributed by atoms with E-state index >= 15 is 0 Å². The molecule has 0 bridgehead atoms. The highest BCUT2D eigenvalue weighted by Gasteiger charge is 2.26. The summed E-state index contributed by atoms with van der Waals surface area (Å²) in [5, 5.41) is 0. The number of nitrogens with zero attached hydrogens (tertiary/aromatic N) is 1. The maximum absolute atomic E-state index is 13.7. The molecule has 0 saturated carbocycles. The number of rotatable bonds is 9. The minimum atomic E-state index is -2.31. The molecule has 3 rings (SSSR count). The smallest absolute Gasteiger partial charge is 0.331 e. The van der Waals surface area contributed by atoms with E-state index < -0.39 is 53.1 Å². The topological polar surface area (TPSA) is 46.6 Å². The number of ether oxygens (including phenoxy) is 1. The van der Waals surface area contributed by atoms with Gasteiger partial charge in [-0.05, 0) is 17.5 Å². The molecule has 0 heterocycles. The molecule has 0 spiro atoms. The molecule has 3 aromatic carbocycles. The fourth-order valence-electron chi connectivity index (χ4n) is 3.19. The lowest BCUT2D eigenvalue weighted by Gasteiger charge is -2.21. The first kappa shape index (κ1) is 25.6. The van der Waals surface area contributed by atoms with E-state index in [1.807, 2.05) is 60.7 Å². The number of amides is 1. The van der Waals surface area contributed by atoms with Gasteiger partial charge in [-0.3, -0.25) is 4.79 Å². The van der Waals surface area contributed by atoms with Crippen molar-refractivity contribution in [2.45, 2.75) is 19.6 Å². The second kappa shape index (κ2) is 11.9. The van der Waals surface area contributed by atoms with E-state index in [-0.39, 0.29) is 6.54 Å².